The van der Waals surface area contributed by atoms with Gasteiger partial charge in [0.15, 0.2) is 5.96 Å². The Morgan fingerprint density at radius 1 is 1.20 bits per heavy atom. The molecule has 0 radical (unpaired) electrons. The second-order valence-corrected chi connectivity index (χ2v) is 7.95. The van der Waals surface area contributed by atoms with E-state index in [1.807, 2.05) is 18.4 Å². The Balaban J connectivity index is 1.95. The number of nitrogens with zero attached hydrogens (tertiary/aromatic N) is 2. The summed E-state index contributed by atoms with van der Waals surface area (Å²) in [6, 6.07) is 4.85. The SMILES string of the molecule is CCC(CC)CNC(=NC)NCC(c1ccc(C)s1)N1CCOCC1. The second kappa shape index (κ2) is 10.8. The Morgan fingerprint density at radius 3 is 2.44 bits per heavy atom. The molecular formula is C19H34N4OS. The van der Waals surface area contributed by atoms with Gasteiger partial charge in [-0.25, -0.2) is 0 Å². The van der Waals surface area contributed by atoms with Crippen LogP contribution in [0.5, 0.6) is 0 Å². The number of rotatable bonds is 8. The molecule has 0 saturated carbocycles. The van der Waals surface area contributed by atoms with Crippen molar-refractivity contribution in [1.82, 2.24) is 15.5 Å². The molecular weight excluding hydrogens is 332 g/mol. The number of aryl methyl sites for hydroxylation is 1. The lowest BCUT2D eigenvalue weighted by Crippen LogP contribution is -2.46. The van der Waals surface area contributed by atoms with E-state index in [4.69, 9.17) is 4.74 Å². The number of guanidine groups is 1. The van der Waals surface area contributed by atoms with Crippen LogP contribution in [0, 0.1) is 12.8 Å². The van der Waals surface area contributed by atoms with Crippen molar-refractivity contribution in [3.8, 4) is 0 Å². The summed E-state index contributed by atoms with van der Waals surface area (Å²) < 4.78 is 5.53. The van der Waals surface area contributed by atoms with Gasteiger partial charge in [-0.15, -0.1) is 11.3 Å². The minimum absolute atomic E-state index is 0.370. The number of thiophene rings is 1. The Bertz CT molecular complexity index is 521. The fourth-order valence-corrected chi connectivity index (χ4v) is 4.18. The van der Waals surface area contributed by atoms with Gasteiger partial charge >= 0.3 is 0 Å². The standard InChI is InChI=1S/C19H34N4OS/c1-5-16(6-2)13-21-19(20-4)22-14-17(18-8-7-15(3)25-18)23-9-11-24-12-10-23/h7-8,16-17H,5-6,9-14H2,1-4H3,(H2,20,21,22). The van der Waals surface area contributed by atoms with Crippen LogP contribution >= 0.6 is 11.3 Å². The molecule has 1 aliphatic heterocycles. The highest BCUT2D eigenvalue weighted by atomic mass is 32.1. The molecule has 5 nitrogen and oxygen atoms in total. The first-order chi connectivity index (χ1) is 12.2. The van der Waals surface area contributed by atoms with E-state index in [1.165, 1.54) is 22.6 Å². The van der Waals surface area contributed by atoms with Crippen LogP contribution in [0.25, 0.3) is 0 Å². The molecule has 1 fully saturated rings. The zero-order valence-electron chi connectivity index (χ0n) is 16.2. The van der Waals surface area contributed by atoms with E-state index >= 15 is 0 Å². The molecule has 2 N–H and O–H groups in total. The number of ether oxygens (including phenoxy) is 1. The van der Waals surface area contributed by atoms with Crippen LogP contribution in [0.3, 0.4) is 0 Å². The van der Waals surface area contributed by atoms with Crippen molar-refractivity contribution in [3.63, 3.8) is 0 Å². The molecule has 0 spiro atoms. The van der Waals surface area contributed by atoms with Gasteiger partial charge in [-0.05, 0) is 25.0 Å². The summed E-state index contributed by atoms with van der Waals surface area (Å²) in [6.45, 7) is 12.1. The Labute approximate surface area is 156 Å². The Kier molecular flexibility index (Phi) is 8.72. The molecule has 0 aliphatic carbocycles. The van der Waals surface area contributed by atoms with Crippen LogP contribution in [-0.2, 0) is 4.74 Å². The molecule has 2 rings (SSSR count). The van der Waals surface area contributed by atoms with Gasteiger partial charge in [0, 0.05) is 43.0 Å². The van der Waals surface area contributed by atoms with Crippen molar-refractivity contribution in [1.29, 1.82) is 0 Å². The molecule has 0 amide bonds. The molecule has 1 aromatic rings. The van der Waals surface area contributed by atoms with Gasteiger partial charge in [0.1, 0.15) is 0 Å². The van der Waals surface area contributed by atoms with E-state index < -0.39 is 0 Å². The Morgan fingerprint density at radius 2 is 1.88 bits per heavy atom. The number of morpholine rings is 1. The van der Waals surface area contributed by atoms with Gasteiger partial charge in [-0.3, -0.25) is 9.89 Å². The lowest BCUT2D eigenvalue weighted by Gasteiger charge is -2.34. The summed E-state index contributed by atoms with van der Waals surface area (Å²) in [6.07, 6.45) is 2.40. The lowest BCUT2D eigenvalue weighted by atomic mass is 10.0. The normalized spacial score (nSPS) is 17.7. The van der Waals surface area contributed by atoms with Crippen molar-refractivity contribution in [2.75, 3.05) is 46.4 Å². The van der Waals surface area contributed by atoms with Gasteiger partial charge in [0.05, 0.1) is 19.3 Å². The van der Waals surface area contributed by atoms with Gasteiger partial charge in [0.25, 0.3) is 0 Å². The van der Waals surface area contributed by atoms with E-state index in [1.54, 1.807) is 0 Å². The maximum absolute atomic E-state index is 5.53. The van der Waals surface area contributed by atoms with Crippen molar-refractivity contribution < 1.29 is 4.74 Å². The van der Waals surface area contributed by atoms with E-state index in [0.29, 0.717) is 12.0 Å². The van der Waals surface area contributed by atoms with Gasteiger partial charge in [-0.1, -0.05) is 26.7 Å². The smallest absolute Gasteiger partial charge is 0.191 e. The minimum atomic E-state index is 0.370. The van der Waals surface area contributed by atoms with E-state index in [-0.39, 0.29) is 0 Å². The van der Waals surface area contributed by atoms with Crippen LogP contribution in [0.2, 0.25) is 0 Å². The molecule has 0 aromatic carbocycles. The number of hydrogen-bond donors (Lipinski definition) is 2. The van der Waals surface area contributed by atoms with Crippen LogP contribution in [-0.4, -0.2) is 57.3 Å². The molecule has 1 atom stereocenters. The molecule has 0 bridgehead atoms. The van der Waals surface area contributed by atoms with E-state index in [9.17, 15) is 0 Å². The van der Waals surface area contributed by atoms with Crippen molar-refractivity contribution in [3.05, 3.63) is 21.9 Å². The maximum atomic E-state index is 5.53. The predicted octanol–water partition coefficient (Wildman–Crippen LogP) is 3.03. The topological polar surface area (TPSA) is 48.9 Å². The first-order valence-corrected chi connectivity index (χ1v) is 10.3. The first kappa shape index (κ1) is 20.2. The molecule has 1 saturated heterocycles. The maximum Gasteiger partial charge on any atom is 0.191 e. The molecule has 25 heavy (non-hydrogen) atoms. The monoisotopic (exact) mass is 366 g/mol. The highest BCUT2D eigenvalue weighted by Crippen LogP contribution is 2.27. The van der Waals surface area contributed by atoms with Gasteiger partial charge in [0.2, 0.25) is 0 Å². The number of nitrogens with one attached hydrogen (secondary N) is 2. The fourth-order valence-electron chi connectivity index (χ4n) is 3.16. The summed E-state index contributed by atoms with van der Waals surface area (Å²) in [5, 5.41) is 7.03. The summed E-state index contributed by atoms with van der Waals surface area (Å²) >= 11 is 1.89. The Hall–Kier alpha value is -1.11. The van der Waals surface area contributed by atoms with Crippen LogP contribution in [0.4, 0.5) is 0 Å². The third-order valence-corrected chi connectivity index (χ3v) is 6.08. The molecule has 2 heterocycles. The van der Waals surface area contributed by atoms with Crippen molar-refractivity contribution in [2.45, 2.75) is 39.7 Å². The third-order valence-electron chi connectivity index (χ3n) is 4.98. The van der Waals surface area contributed by atoms with Crippen LogP contribution < -0.4 is 10.6 Å². The van der Waals surface area contributed by atoms with E-state index in [0.717, 1.165) is 45.4 Å². The second-order valence-electron chi connectivity index (χ2n) is 6.63. The van der Waals surface area contributed by atoms with Crippen molar-refractivity contribution in [2.24, 2.45) is 10.9 Å². The predicted molar refractivity (Wildman–Crippen MR) is 108 cm³/mol. The fraction of sp³-hybridized carbons (Fsp3) is 0.737. The molecule has 1 aromatic heterocycles. The first-order valence-electron chi connectivity index (χ1n) is 9.50. The largest absolute Gasteiger partial charge is 0.379 e. The summed E-state index contributed by atoms with van der Waals surface area (Å²) in [7, 11) is 1.85. The molecule has 142 valence electrons. The zero-order chi connectivity index (χ0) is 18.1. The quantitative estimate of drug-likeness (QED) is 0.548. The van der Waals surface area contributed by atoms with Gasteiger partial charge in [-0.2, -0.15) is 0 Å². The summed E-state index contributed by atoms with van der Waals surface area (Å²) in [5.41, 5.74) is 0. The summed E-state index contributed by atoms with van der Waals surface area (Å²) in [5.74, 6) is 1.60. The van der Waals surface area contributed by atoms with E-state index in [2.05, 4.69) is 53.4 Å². The number of aliphatic imine (C=N–C) groups is 1. The third kappa shape index (κ3) is 6.28. The van der Waals surface area contributed by atoms with Crippen LogP contribution in [0.15, 0.2) is 17.1 Å². The lowest BCUT2D eigenvalue weighted by molar-refractivity contribution is 0.0177. The number of hydrogen-bond acceptors (Lipinski definition) is 4. The van der Waals surface area contributed by atoms with Crippen molar-refractivity contribution >= 4 is 17.3 Å². The zero-order valence-corrected chi connectivity index (χ0v) is 17.0. The highest BCUT2D eigenvalue weighted by Gasteiger charge is 2.24. The molecule has 1 unspecified atom stereocenters. The summed E-state index contributed by atoms with van der Waals surface area (Å²) in [4.78, 5) is 9.71. The molecule has 6 heteroatoms. The minimum Gasteiger partial charge on any atom is -0.379 e. The average molecular weight is 367 g/mol. The van der Waals surface area contributed by atoms with Crippen LogP contribution in [0.1, 0.15) is 42.5 Å². The average Bonchev–Trinajstić information content (AvgIpc) is 3.08. The molecule has 1 aliphatic rings. The highest BCUT2D eigenvalue weighted by molar-refractivity contribution is 7.12. The van der Waals surface area contributed by atoms with Gasteiger partial charge < -0.3 is 15.4 Å².